The van der Waals surface area contributed by atoms with Gasteiger partial charge in [-0.05, 0) is 18.6 Å². The summed E-state index contributed by atoms with van der Waals surface area (Å²) < 4.78 is 17.2. The second kappa shape index (κ2) is 6.12. The van der Waals surface area contributed by atoms with Crippen LogP contribution in [0.15, 0.2) is 30.3 Å². The van der Waals surface area contributed by atoms with Crippen molar-refractivity contribution in [2.24, 2.45) is 0 Å². The summed E-state index contributed by atoms with van der Waals surface area (Å²) in [7, 11) is 1.75. The number of nitrogens with zero attached hydrogens (tertiary/aromatic N) is 1. The number of rotatable bonds is 5. The molecule has 2 saturated heterocycles. The molecular formula is C16H23NO3. The second-order valence-corrected chi connectivity index (χ2v) is 5.77. The summed E-state index contributed by atoms with van der Waals surface area (Å²) in [6.07, 6.45) is 2.27. The van der Waals surface area contributed by atoms with Gasteiger partial charge in [0.05, 0.1) is 18.8 Å². The molecule has 2 atom stereocenters. The van der Waals surface area contributed by atoms with Crippen molar-refractivity contribution >= 4 is 0 Å². The van der Waals surface area contributed by atoms with E-state index >= 15 is 0 Å². The summed E-state index contributed by atoms with van der Waals surface area (Å²) >= 11 is 0. The molecule has 1 aromatic rings. The van der Waals surface area contributed by atoms with Crippen molar-refractivity contribution in [3.05, 3.63) is 30.3 Å². The Balaban J connectivity index is 1.52. The van der Waals surface area contributed by atoms with Gasteiger partial charge in [-0.25, -0.2) is 0 Å². The quantitative estimate of drug-likeness (QED) is 0.823. The van der Waals surface area contributed by atoms with Crippen LogP contribution in [0.1, 0.15) is 12.8 Å². The Morgan fingerprint density at radius 1 is 1.35 bits per heavy atom. The SMILES string of the molecule is COCCN1CC[C@]2(C[C@H](Oc3ccccc3)CO2)C1. The third-order valence-corrected chi connectivity index (χ3v) is 4.23. The number of hydrogen-bond donors (Lipinski definition) is 0. The van der Waals surface area contributed by atoms with E-state index in [4.69, 9.17) is 14.2 Å². The Morgan fingerprint density at radius 3 is 3.00 bits per heavy atom. The van der Waals surface area contributed by atoms with Crippen molar-refractivity contribution in [2.75, 3.05) is 40.0 Å². The van der Waals surface area contributed by atoms with E-state index in [9.17, 15) is 0 Å². The summed E-state index contributed by atoms with van der Waals surface area (Å²) in [5, 5.41) is 0. The van der Waals surface area contributed by atoms with Crippen LogP contribution in [0.25, 0.3) is 0 Å². The van der Waals surface area contributed by atoms with Gasteiger partial charge in [0.15, 0.2) is 0 Å². The number of hydrogen-bond acceptors (Lipinski definition) is 4. The fourth-order valence-electron chi connectivity index (χ4n) is 3.19. The Morgan fingerprint density at radius 2 is 2.20 bits per heavy atom. The fraction of sp³-hybridized carbons (Fsp3) is 0.625. The van der Waals surface area contributed by atoms with Crippen LogP contribution in [0.3, 0.4) is 0 Å². The van der Waals surface area contributed by atoms with Gasteiger partial charge in [0.25, 0.3) is 0 Å². The van der Waals surface area contributed by atoms with E-state index in [1.54, 1.807) is 7.11 Å². The maximum absolute atomic E-state index is 6.09. The lowest BCUT2D eigenvalue weighted by atomic mass is 9.98. The predicted molar refractivity (Wildman–Crippen MR) is 77.1 cm³/mol. The van der Waals surface area contributed by atoms with E-state index < -0.39 is 0 Å². The standard InChI is InChI=1S/C16H23NO3/c1-18-10-9-17-8-7-16(13-17)11-15(12-19-16)20-14-5-3-2-4-6-14/h2-6,15H,7-13H2,1H3/t15-,16-/m0/s1. The third-order valence-electron chi connectivity index (χ3n) is 4.23. The van der Waals surface area contributed by atoms with E-state index in [1.165, 1.54) is 0 Å². The Kier molecular flexibility index (Phi) is 4.24. The van der Waals surface area contributed by atoms with E-state index in [1.807, 2.05) is 30.3 Å². The number of benzene rings is 1. The lowest BCUT2D eigenvalue weighted by Gasteiger charge is -2.23. The van der Waals surface area contributed by atoms with Crippen LogP contribution >= 0.6 is 0 Å². The molecule has 110 valence electrons. The topological polar surface area (TPSA) is 30.9 Å². The maximum Gasteiger partial charge on any atom is 0.125 e. The number of methoxy groups -OCH3 is 1. The molecular weight excluding hydrogens is 254 g/mol. The molecule has 20 heavy (non-hydrogen) atoms. The molecule has 2 aliphatic rings. The molecule has 4 heteroatoms. The highest BCUT2D eigenvalue weighted by Gasteiger charge is 2.46. The smallest absolute Gasteiger partial charge is 0.125 e. The van der Waals surface area contributed by atoms with Gasteiger partial charge < -0.3 is 14.2 Å². The first-order valence-electron chi connectivity index (χ1n) is 7.37. The number of para-hydroxylation sites is 1. The zero-order chi connectivity index (χ0) is 13.8. The number of likely N-dealkylation sites (tertiary alicyclic amines) is 1. The summed E-state index contributed by atoms with van der Waals surface area (Å²) in [5.41, 5.74) is 0.00713. The molecule has 1 spiro atoms. The first-order chi connectivity index (χ1) is 9.80. The van der Waals surface area contributed by atoms with Crippen LogP contribution in [0, 0.1) is 0 Å². The van der Waals surface area contributed by atoms with E-state index in [2.05, 4.69) is 4.90 Å². The molecule has 0 bridgehead atoms. The zero-order valence-corrected chi connectivity index (χ0v) is 12.1. The summed E-state index contributed by atoms with van der Waals surface area (Å²) in [4.78, 5) is 2.42. The van der Waals surface area contributed by atoms with Crippen LogP contribution in [0.5, 0.6) is 5.75 Å². The largest absolute Gasteiger partial charge is 0.488 e. The molecule has 1 aromatic carbocycles. The van der Waals surface area contributed by atoms with E-state index in [0.717, 1.165) is 44.8 Å². The highest BCUT2D eigenvalue weighted by molar-refractivity contribution is 5.21. The lowest BCUT2D eigenvalue weighted by Crippen LogP contribution is -2.34. The van der Waals surface area contributed by atoms with Crippen LogP contribution in [-0.2, 0) is 9.47 Å². The van der Waals surface area contributed by atoms with Gasteiger partial charge in [0.1, 0.15) is 11.9 Å². The zero-order valence-electron chi connectivity index (χ0n) is 12.1. The van der Waals surface area contributed by atoms with Crippen LogP contribution in [0.4, 0.5) is 0 Å². The molecule has 0 N–H and O–H groups in total. The molecule has 3 rings (SSSR count). The maximum atomic E-state index is 6.09. The Hall–Kier alpha value is -1.10. The first kappa shape index (κ1) is 13.9. The first-order valence-corrected chi connectivity index (χ1v) is 7.37. The summed E-state index contributed by atoms with van der Waals surface area (Å²) in [6, 6.07) is 10.0. The molecule has 0 saturated carbocycles. The van der Waals surface area contributed by atoms with Gasteiger partial charge in [-0.3, -0.25) is 4.90 Å². The molecule has 2 fully saturated rings. The highest BCUT2D eigenvalue weighted by atomic mass is 16.6. The van der Waals surface area contributed by atoms with Crippen molar-refractivity contribution in [2.45, 2.75) is 24.5 Å². The highest BCUT2D eigenvalue weighted by Crippen LogP contribution is 2.36. The van der Waals surface area contributed by atoms with Crippen LogP contribution in [-0.4, -0.2) is 56.6 Å². The minimum absolute atomic E-state index is 0.00713. The van der Waals surface area contributed by atoms with Crippen LogP contribution < -0.4 is 4.74 Å². The third kappa shape index (κ3) is 3.14. The van der Waals surface area contributed by atoms with Crippen molar-refractivity contribution in [3.8, 4) is 5.75 Å². The molecule has 0 aromatic heterocycles. The normalized spacial score (nSPS) is 30.1. The van der Waals surface area contributed by atoms with Gasteiger partial charge in [0, 0.05) is 33.2 Å². The van der Waals surface area contributed by atoms with Crippen molar-refractivity contribution in [1.29, 1.82) is 0 Å². The van der Waals surface area contributed by atoms with Gasteiger partial charge in [0.2, 0.25) is 0 Å². The van der Waals surface area contributed by atoms with Gasteiger partial charge >= 0.3 is 0 Å². The Bertz CT molecular complexity index is 425. The monoisotopic (exact) mass is 277 g/mol. The minimum atomic E-state index is 0.00713. The summed E-state index contributed by atoms with van der Waals surface area (Å²) in [6.45, 7) is 4.59. The molecule has 0 aliphatic carbocycles. The fourth-order valence-corrected chi connectivity index (χ4v) is 3.19. The molecule has 4 nitrogen and oxygen atoms in total. The van der Waals surface area contributed by atoms with Gasteiger partial charge in [-0.15, -0.1) is 0 Å². The minimum Gasteiger partial charge on any atom is -0.488 e. The molecule has 2 heterocycles. The van der Waals surface area contributed by atoms with E-state index in [0.29, 0.717) is 6.61 Å². The average Bonchev–Trinajstić information content (AvgIpc) is 3.05. The average molecular weight is 277 g/mol. The molecule has 2 aliphatic heterocycles. The van der Waals surface area contributed by atoms with Crippen molar-refractivity contribution < 1.29 is 14.2 Å². The molecule has 0 radical (unpaired) electrons. The Labute approximate surface area is 120 Å². The predicted octanol–water partition coefficient (Wildman–Crippen LogP) is 1.95. The number of ether oxygens (including phenoxy) is 3. The molecule has 0 amide bonds. The van der Waals surface area contributed by atoms with Gasteiger partial charge in [-0.2, -0.15) is 0 Å². The molecule has 0 unspecified atom stereocenters. The summed E-state index contributed by atoms with van der Waals surface area (Å²) in [5.74, 6) is 0.937. The second-order valence-electron chi connectivity index (χ2n) is 5.77. The van der Waals surface area contributed by atoms with E-state index in [-0.39, 0.29) is 11.7 Å². The van der Waals surface area contributed by atoms with Crippen molar-refractivity contribution in [1.82, 2.24) is 4.90 Å². The van der Waals surface area contributed by atoms with Crippen molar-refractivity contribution in [3.63, 3.8) is 0 Å². The lowest BCUT2D eigenvalue weighted by molar-refractivity contribution is 0.00837. The van der Waals surface area contributed by atoms with Gasteiger partial charge in [-0.1, -0.05) is 18.2 Å². The van der Waals surface area contributed by atoms with Crippen LogP contribution in [0.2, 0.25) is 0 Å².